The summed E-state index contributed by atoms with van der Waals surface area (Å²) in [5.41, 5.74) is 8.35. The van der Waals surface area contributed by atoms with Gasteiger partial charge in [-0.15, -0.1) is 0 Å². The number of aryl methyl sites for hydroxylation is 4. The maximum absolute atomic E-state index is 2.36. The van der Waals surface area contributed by atoms with Crippen LogP contribution in [0.3, 0.4) is 0 Å². The zero-order valence-electron chi connectivity index (χ0n) is 11.7. The molecule has 0 aliphatic carbocycles. The fourth-order valence-corrected chi connectivity index (χ4v) is 2.52. The Bertz CT molecular complexity index is 464. The van der Waals surface area contributed by atoms with Crippen molar-refractivity contribution in [1.82, 2.24) is 0 Å². The molecular weight excluding hydrogens is 215 g/mol. The molecule has 0 spiro atoms. The predicted molar refractivity (Wildman–Crippen MR) is 80.9 cm³/mol. The molecule has 0 atom stereocenters. The molecule has 2 radical (unpaired) electrons. The van der Waals surface area contributed by atoms with Crippen LogP contribution in [0.25, 0.3) is 0 Å². The first-order valence-corrected chi connectivity index (χ1v) is 6.54. The van der Waals surface area contributed by atoms with Crippen molar-refractivity contribution in [3.63, 3.8) is 0 Å². The Labute approximate surface area is 111 Å². The largest absolute Gasteiger partial charge is 0.290 e. The third kappa shape index (κ3) is 2.67. The molecule has 0 unspecified atom stereocenters. The first-order valence-electron chi connectivity index (χ1n) is 6.54. The van der Waals surface area contributed by atoms with Crippen LogP contribution in [0.15, 0.2) is 36.4 Å². The average molecular weight is 235 g/mol. The molecule has 1 heteroatoms. The average Bonchev–Trinajstić information content (AvgIpc) is 2.31. The van der Waals surface area contributed by atoms with Gasteiger partial charge >= 0.3 is 0 Å². The SMILES string of the molecule is Cc1cccc(C)c1[B-]Cc1c(C)cccc1C. The molecule has 0 nitrogen and oxygen atoms in total. The Balaban J connectivity index is 2.22. The van der Waals surface area contributed by atoms with Crippen LogP contribution >= 0.6 is 0 Å². The molecule has 0 saturated heterocycles. The summed E-state index contributed by atoms with van der Waals surface area (Å²) in [6.07, 6.45) is 1.02. The van der Waals surface area contributed by atoms with Gasteiger partial charge < -0.3 is 0 Å². The minimum absolute atomic E-state index is 1.02. The molecule has 2 aromatic carbocycles. The molecule has 0 saturated carbocycles. The summed E-state index contributed by atoms with van der Waals surface area (Å²) in [7, 11) is 2.36. The summed E-state index contributed by atoms with van der Waals surface area (Å²) in [6.45, 7) is 8.76. The lowest BCUT2D eigenvalue weighted by atomic mass is 9.61. The van der Waals surface area contributed by atoms with Crippen LogP contribution in [-0.4, -0.2) is 7.28 Å². The summed E-state index contributed by atoms with van der Waals surface area (Å²) >= 11 is 0. The molecule has 0 heterocycles. The van der Waals surface area contributed by atoms with E-state index >= 15 is 0 Å². The van der Waals surface area contributed by atoms with Crippen molar-refractivity contribution in [3.05, 3.63) is 64.2 Å². The Hall–Kier alpha value is -1.50. The summed E-state index contributed by atoms with van der Waals surface area (Å²) in [5.74, 6) is 0. The second-order valence-electron chi connectivity index (χ2n) is 5.08. The van der Waals surface area contributed by atoms with E-state index < -0.39 is 0 Å². The lowest BCUT2D eigenvalue weighted by Crippen LogP contribution is -2.23. The van der Waals surface area contributed by atoms with Crippen LogP contribution in [-0.2, 0) is 6.32 Å². The van der Waals surface area contributed by atoms with Gasteiger partial charge in [0.15, 0.2) is 0 Å². The number of hydrogen-bond acceptors (Lipinski definition) is 0. The molecule has 2 aromatic rings. The van der Waals surface area contributed by atoms with Crippen molar-refractivity contribution in [1.29, 1.82) is 0 Å². The minimum Gasteiger partial charge on any atom is -0.290 e. The van der Waals surface area contributed by atoms with E-state index in [0.717, 1.165) is 6.32 Å². The first kappa shape index (κ1) is 12.9. The van der Waals surface area contributed by atoms with Gasteiger partial charge in [0, 0.05) is 0 Å². The van der Waals surface area contributed by atoms with Crippen LogP contribution in [0.1, 0.15) is 27.8 Å². The maximum Gasteiger partial charge on any atom is -0.0396 e. The van der Waals surface area contributed by atoms with E-state index in [1.54, 1.807) is 0 Å². The van der Waals surface area contributed by atoms with Crippen molar-refractivity contribution in [2.75, 3.05) is 0 Å². The van der Waals surface area contributed by atoms with E-state index in [4.69, 9.17) is 0 Å². The Morgan fingerprint density at radius 1 is 0.722 bits per heavy atom. The molecule has 2 rings (SSSR count). The van der Waals surface area contributed by atoms with E-state index in [2.05, 4.69) is 71.4 Å². The lowest BCUT2D eigenvalue weighted by Gasteiger charge is -2.24. The number of rotatable bonds is 3. The summed E-state index contributed by atoms with van der Waals surface area (Å²) in [5, 5.41) is 0. The molecule has 0 aromatic heterocycles. The van der Waals surface area contributed by atoms with Gasteiger partial charge in [0.1, 0.15) is 0 Å². The van der Waals surface area contributed by atoms with Crippen molar-refractivity contribution in [3.8, 4) is 0 Å². The van der Waals surface area contributed by atoms with Crippen LogP contribution in [0.5, 0.6) is 0 Å². The van der Waals surface area contributed by atoms with Crippen molar-refractivity contribution >= 4 is 12.7 Å². The first-order chi connectivity index (χ1) is 8.59. The lowest BCUT2D eigenvalue weighted by molar-refractivity contribution is 1.23. The van der Waals surface area contributed by atoms with E-state index in [-0.39, 0.29) is 0 Å². The normalized spacial score (nSPS) is 10.7. The van der Waals surface area contributed by atoms with Gasteiger partial charge in [-0.3, -0.25) is 12.7 Å². The zero-order valence-corrected chi connectivity index (χ0v) is 11.7. The smallest absolute Gasteiger partial charge is 0.0396 e. The third-order valence-electron chi connectivity index (χ3n) is 3.70. The van der Waals surface area contributed by atoms with Crippen LogP contribution in [0, 0.1) is 27.7 Å². The molecule has 0 N–H and O–H groups in total. The minimum atomic E-state index is 1.02. The van der Waals surface area contributed by atoms with Gasteiger partial charge in [-0.1, -0.05) is 64.2 Å². The summed E-state index contributed by atoms with van der Waals surface area (Å²) in [4.78, 5) is 0. The summed E-state index contributed by atoms with van der Waals surface area (Å²) in [6, 6.07) is 13.0. The van der Waals surface area contributed by atoms with Gasteiger partial charge in [0.05, 0.1) is 0 Å². The van der Waals surface area contributed by atoms with Gasteiger partial charge in [0.2, 0.25) is 0 Å². The molecular formula is C17H20B-. The fourth-order valence-electron chi connectivity index (χ4n) is 2.52. The highest BCUT2D eigenvalue weighted by Crippen LogP contribution is 2.13. The number of benzene rings is 2. The second-order valence-corrected chi connectivity index (χ2v) is 5.08. The van der Waals surface area contributed by atoms with Crippen LogP contribution < -0.4 is 5.46 Å². The van der Waals surface area contributed by atoms with Gasteiger partial charge in [-0.05, 0) is 27.7 Å². The molecule has 0 aliphatic heterocycles. The third-order valence-corrected chi connectivity index (χ3v) is 3.70. The zero-order chi connectivity index (χ0) is 13.1. The Kier molecular flexibility index (Phi) is 3.91. The fraction of sp³-hybridized carbons (Fsp3) is 0.294. The van der Waals surface area contributed by atoms with Crippen molar-refractivity contribution in [2.24, 2.45) is 0 Å². The van der Waals surface area contributed by atoms with E-state index in [1.807, 2.05) is 0 Å². The Morgan fingerprint density at radius 3 is 1.67 bits per heavy atom. The molecule has 0 aliphatic rings. The Morgan fingerprint density at radius 2 is 1.17 bits per heavy atom. The molecule has 92 valence electrons. The number of hydrogen-bond donors (Lipinski definition) is 0. The monoisotopic (exact) mass is 235 g/mol. The van der Waals surface area contributed by atoms with E-state index in [1.165, 1.54) is 33.3 Å². The quantitative estimate of drug-likeness (QED) is 0.715. The van der Waals surface area contributed by atoms with Gasteiger partial charge in [-0.25, -0.2) is 6.32 Å². The van der Waals surface area contributed by atoms with Gasteiger partial charge in [0.25, 0.3) is 0 Å². The van der Waals surface area contributed by atoms with Gasteiger partial charge in [-0.2, -0.15) is 0 Å². The van der Waals surface area contributed by atoms with E-state index in [9.17, 15) is 0 Å². The van der Waals surface area contributed by atoms with Crippen LogP contribution in [0.4, 0.5) is 0 Å². The standard InChI is InChI=1S/C17H20B/c1-12-7-5-8-13(2)16(12)11-18-17-14(3)9-6-10-15(17)4/h5-10H,11H2,1-4H3/q-1. The van der Waals surface area contributed by atoms with Crippen LogP contribution in [0.2, 0.25) is 0 Å². The van der Waals surface area contributed by atoms with Crippen molar-refractivity contribution in [2.45, 2.75) is 34.0 Å². The van der Waals surface area contributed by atoms with E-state index in [0.29, 0.717) is 0 Å². The predicted octanol–water partition coefficient (Wildman–Crippen LogP) is 3.45. The summed E-state index contributed by atoms with van der Waals surface area (Å²) < 4.78 is 0. The highest BCUT2D eigenvalue weighted by atomic mass is 14.0. The maximum atomic E-state index is 2.36. The second kappa shape index (κ2) is 5.43. The highest BCUT2D eigenvalue weighted by molar-refractivity contribution is 6.54. The highest BCUT2D eigenvalue weighted by Gasteiger charge is 1.97. The molecule has 0 fully saturated rings. The van der Waals surface area contributed by atoms with Crippen molar-refractivity contribution < 1.29 is 0 Å². The molecule has 18 heavy (non-hydrogen) atoms. The molecule has 0 bridgehead atoms. The molecule has 0 amide bonds. The topological polar surface area (TPSA) is 0 Å².